The van der Waals surface area contributed by atoms with Gasteiger partial charge in [-0.3, -0.25) is 62.9 Å². The largest absolute Gasteiger partial charge is 0.444 e. The number of rotatable bonds is 22. The number of primary amides is 1. The number of guanidine groups is 1. The predicted octanol–water partition coefficient (Wildman–Crippen LogP) is -2.28. The second-order valence-electron chi connectivity index (χ2n) is 29.0. The minimum atomic E-state index is -2.13. The lowest BCUT2D eigenvalue weighted by Crippen LogP contribution is -2.65. The summed E-state index contributed by atoms with van der Waals surface area (Å²) in [6.07, 6.45) is -5.52. The Bertz CT molecular complexity index is 2930. The lowest BCUT2D eigenvalue weighted by molar-refractivity contribution is -0.139. The lowest BCUT2D eigenvalue weighted by Gasteiger charge is -2.35. The highest BCUT2D eigenvalue weighted by atomic mass is 16.6. The predicted molar refractivity (Wildman–Crippen MR) is 360 cm³/mol. The molecule has 98 heavy (non-hydrogen) atoms. The maximum atomic E-state index is 15.7. The molecule has 1 aliphatic heterocycles. The SMILES string of the molecule is CC[C@H](C)[C@@H]1NC(=O)[C@@H](CCCNC(=N)N)NC(=O)[C@H](CC(C)C)NC(=O)[C@H]([C@H](O)C(C)C)NC(=O)[C@@H](NC(=O)[C@H](CC(C)(C)C)NC(=O)[C@@H](CC(C)(C)C)NC(=O)OC(C)(C)C)[C@@H](c2ccccc2)NC(=O)[C@H](CO)NC(=O)C(CC(N)=O)NC(=O)CNC(=O)[C@H]([C@H](C)O)NC1=O. The van der Waals surface area contributed by atoms with Crippen molar-refractivity contribution in [2.75, 3.05) is 19.7 Å². The van der Waals surface area contributed by atoms with Gasteiger partial charge in [0.25, 0.3) is 0 Å². The molecule has 21 N–H and O–H groups in total. The molecule has 552 valence electrons. The molecule has 1 heterocycles. The van der Waals surface area contributed by atoms with E-state index in [1.54, 1.807) is 75.3 Å². The molecule has 0 aliphatic carbocycles. The number of nitrogens with two attached hydrogens (primary N) is 2. The van der Waals surface area contributed by atoms with Crippen LogP contribution in [0.4, 0.5) is 4.79 Å². The number of aliphatic hydroxyl groups excluding tert-OH is 3. The number of aliphatic hydroxyl groups is 3. The first-order chi connectivity index (χ1) is 45.3. The van der Waals surface area contributed by atoms with E-state index in [0.717, 1.165) is 6.92 Å². The number of ether oxygens (including phenoxy) is 1. The molecule has 0 radical (unpaired) electrons. The minimum absolute atomic E-state index is 0.0164. The van der Waals surface area contributed by atoms with E-state index in [2.05, 4.69) is 69.1 Å². The van der Waals surface area contributed by atoms with Crippen molar-refractivity contribution in [2.24, 2.45) is 40.1 Å². The van der Waals surface area contributed by atoms with Gasteiger partial charge < -0.3 is 101 Å². The summed E-state index contributed by atoms with van der Waals surface area (Å²) in [5, 5.41) is 73.9. The molecule has 1 fully saturated rings. The summed E-state index contributed by atoms with van der Waals surface area (Å²) in [5.74, 6) is -15.8. The molecule has 13 amide bonds. The highest BCUT2D eigenvalue weighted by Crippen LogP contribution is 2.26. The maximum absolute atomic E-state index is 15.7. The first kappa shape index (κ1) is 85.4. The van der Waals surface area contributed by atoms with Crippen molar-refractivity contribution in [1.82, 2.24) is 69.1 Å². The van der Waals surface area contributed by atoms with Crippen LogP contribution >= 0.6 is 0 Å². The monoisotopic (exact) mass is 1390 g/mol. The molecule has 0 spiro atoms. The van der Waals surface area contributed by atoms with Crippen LogP contribution in [0.1, 0.15) is 167 Å². The van der Waals surface area contributed by atoms with Gasteiger partial charge in [0.05, 0.1) is 37.8 Å². The average molecular weight is 1390 g/mol. The van der Waals surface area contributed by atoms with Gasteiger partial charge in [-0.05, 0) is 93.9 Å². The number of nitrogens with one attached hydrogen (secondary N) is 14. The van der Waals surface area contributed by atoms with Gasteiger partial charge in [-0.25, -0.2) is 4.79 Å². The van der Waals surface area contributed by atoms with Crippen molar-refractivity contribution in [2.45, 2.75) is 240 Å². The van der Waals surface area contributed by atoms with Crippen LogP contribution in [0.25, 0.3) is 0 Å². The van der Waals surface area contributed by atoms with Gasteiger partial charge in [0.15, 0.2) is 5.96 Å². The van der Waals surface area contributed by atoms with E-state index in [9.17, 15) is 63.3 Å². The standard InChI is InChI=1S/C65H110N16O17/c1-17-34(6)45-58(94)78-46(35(7)83)57(93)70-30-44(85)71-39(27-43(66)84)53(89)75-42(31-82)56(92)79-47(36-22-19-18-20-23-36)48(80-55(91)40(28-63(8,9)10)74-54(90)41(29-64(11,12)13)76-62(97)98-65(14,15)16)59(95)81-49(50(86)33(4)5)60(96)73-38(26-32(2)3)52(88)72-37(51(87)77-45)24-21-25-69-61(67)68/h18-20,22-23,32-35,37-42,45-50,82-83,86H,17,21,24-31H2,1-16H3,(H2,66,84)(H,70,93)(H,71,85)(H,72,88)(H,73,96)(H,74,90)(H,75,89)(H,76,97)(H,77,87)(H,78,94)(H,79,92)(H,80,91)(H,81,95)(H4,67,68,69)/t34-,35-,37+,38-,39?,40-,41+,42-,45-,46-,47+,48-,49-,50+/m0/s1. The molecule has 0 saturated carbocycles. The van der Waals surface area contributed by atoms with Crippen molar-refractivity contribution in [1.29, 1.82) is 5.41 Å². The highest BCUT2D eigenvalue weighted by molar-refractivity contribution is 6.00. The smallest absolute Gasteiger partial charge is 0.408 e. The molecule has 33 nitrogen and oxygen atoms in total. The van der Waals surface area contributed by atoms with Crippen LogP contribution in [0, 0.1) is 34.0 Å². The van der Waals surface area contributed by atoms with E-state index >= 15 is 14.4 Å². The van der Waals surface area contributed by atoms with Crippen molar-refractivity contribution < 1.29 is 82.4 Å². The van der Waals surface area contributed by atoms with E-state index in [0.29, 0.717) is 0 Å². The average Bonchev–Trinajstić information content (AvgIpc) is 0.814. The molecule has 1 saturated heterocycles. The normalized spacial score (nSPS) is 23.6. The van der Waals surface area contributed by atoms with Crippen LogP contribution < -0.4 is 80.6 Å². The van der Waals surface area contributed by atoms with E-state index in [-0.39, 0.29) is 50.6 Å². The Kier molecular flexibility index (Phi) is 34.0. The van der Waals surface area contributed by atoms with Crippen molar-refractivity contribution in [3.8, 4) is 0 Å². The molecule has 1 aromatic rings. The molecule has 1 unspecified atom stereocenters. The third-order valence-electron chi connectivity index (χ3n) is 15.4. The van der Waals surface area contributed by atoms with E-state index in [4.69, 9.17) is 21.6 Å². The Morgan fingerprint density at radius 1 is 0.622 bits per heavy atom. The molecule has 0 aromatic heterocycles. The van der Waals surface area contributed by atoms with Crippen molar-refractivity contribution in [3.63, 3.8) is 0 Å². The lowest BCUT2D eigenvalue weighted by atomic mass is 9.86. The van der Waals surface area contributed by atoms with Gasteiger partial charge in [-0.15, -0.1) is 0 Å². The topological polar surface area (TPSA) is 524 Å². The fourth-order valence-corrected chi connectivity index (χ4v) is 10.2. The zero-order chi connectivity index (χ0) is 74.9. The number of benzene rings is 1. The summed E-state index contributed by atoms with van der Waals surface area (Å²) in [4.78, 5) is 186. The van der Waals surface area contributed by atoms with Crippen LogP contribution in [-0.2, 0) is 62.3 Å². The molecule has 0 bridgehead atoms. The zero-order valence-corrected chi connectivity index (χ0v) is 59.4. The van der Waals surface area contributed by atoms with Gasteiger partial charge in [-0.1, -0.05) is 120 Å². The van der Waals surface area contributed by atoms with Gasteiger partial charge in [0.2, 0.25) is 70.9 Å². The molecule has 33 heteroatoms. The number of hydrogen-bond donors (Lipinski definition) is 19. The Balaban J connectivity index is 3.18. The van der Waals surface area contributed by atoms with Gasteiger partial charge in [0, 0.05) is 6.54 Å². The van der Waals surface area contributed by atoms with Gasteiger partial charge in [0.1, 0.15) is 66.0 Å². The third kappa shape index (κ3) is 30.4. The summed E-state index contributed by atoms with van der Waals surface area (Å²) in [5.41, 5.74) is 8.65. The number of alkyl carbamates (subject to hydrolysis) is 1. The summed E-state index contributed by atoms with van der Waals surface area (Å²) in [6, 6.07) is -11.8. The van der Waals surface area contributed by atoms with Crippen molar-refractivity contribution >= 4 is 82.9 Å². The molecular formula is C65H110N16O17. The molecular weight excluding hydrogens is 1280 g/mol. The van der Waals surface area contributed by atoms with E-state index in [1.165, 1.54) is 38.1 Å². The number of carbonyl (C=O) groups is 13. The maximum Gasteiger partial charge on any atom is 0.408 e. The van der Waals surface area contributed by atoms with Gasteiger partial charge >= 0.3 is 6.09 Å². The number of amides is 13. The zero-order valence-electron chi connectivity index (χ0n) is 59.4. The second-order valence-corrected chi connectivity index (χ2v) is 29.0. The Morgan fingerprint density at radius 3 is 1.64 bits per heavy atom. The second kappa shape index (κ2) is 39.0. The summed E-state index contributed by atoms with van der Waals surface area (Å²) in [7, 11) is 0. The molecule has 14 atom stereocenters. The summed E-state index contributed by atoms with van der Waals surface area (Å²) >= 11 is 0. The van der Waals surface area contributed by atoms with Crippen LogP contribution in [0.5, 0.6) is 0 Å². The van der Waals surface area contributed by atoms with E-state index < -0.39 is 215 Å². The first-order valence-corrected chi connectivity index (χ1v) is 33.0. The fourth-order valence-electron chi connectivity index (χ4n) is 10.2. The molecule has 1 aliphatic rings. The number of carbonyl (C=O) groups excluding carboxylic acids is 13. The minimum Gasteiger partial charge on any atom is -0.444 e. The summed E-state index contributed by atoms with van der Waals surface area (Å²) < 4.78 is 5.48. The Labute approximate surface area is 573 Å². The van der Waals surface area contributed by atoms with Crippen LogP contribution in [0.15, 0.2) is 30.3 Å². The highest BCUT2D eigenvalue weighted by Gasteiger charge is 2.43. The molecule has 1 aromatic carbocycles. The Morgan fingerprint density at radius 2 is 1.13 bits per heavy atom. The van der Waals surface area contributed by atoms with Crippen LogP contribution in [0.2, 0.25) is 0 Å². The third-order valence-corrected chi connectivity index (χ3v) is 15.4. The first-order valence-electron chi connectivity index (χ1n) is 33.0. The fraction of sp³-hybridized carbons (Fsp3) is 0.692. The van der Waals surface area contributed by atoms with E-state index in [1.807, 2.05) is 20.8 Å². The van der Waals surface area contributed by atoms with Crippen LogP contribution in [0.3, 0.4) is 0 Å². The quantitative estimate of drug-likeness (QED) is 0.0330. The molecule has 2 rings (SSSR count). The van der Waals surface area contributed by atoms with Crippen LogP contribution in [-0.4, -0.2) is 196 Å². The van der Waals surface area contributed by atoms with Gasteiger partial charge in [-0.2, -0.15) is 0 Å². The van der Waals surface area contributed by atoms with Crippen molar-refractivity contribution in [3.05, 3.63) is 35.9 Å². The Hall–Kier alpha value is -8.72. The number of hydrogen-bond acceptors (Lipinski definition) is 18. The summed E-state index contributed by atoms with van der Waals surface area (Å²) in [6.45, 7) is 24.2.